The highest BCUT2D eigenvalue weighted by Crippen LogP contribution is 2.33. The molecule has 27 heavy (non-hydrogen) atoms. The Labute approximate surface area is 164 Å². The van der Waals surface area contributed by atoms with E-state index < -0.39 is 15.8 Å². The molecule has 1 aliphatic carbocycles. The van der Waals surface area contributed by atoms with E-state index in [0.29, 0.717) is 43.2 Å². The zero-order valence-corrected chi connectivity index (χ0v) is 16.4. The van der Waals surface area contributed by atoms with Crippen LogP contribution in [0.15, 0.2) is 18.2 Å². The highest BCUT2D eigenvalue weighted by Gasteiger charge is 2.36. The van der Waals surface area contributed by atoms with E-state index in [1.807, 2.05) is 0 Å². The first-order chi connectivity index (χ1) is 12.8. The zero-order valence-electron chi connectivity index (χ0n) is 14.0. The maximum Gasteiger partial charge on any atom is 0.322 e. The van der Waals surface area contributed by atoms with Gasteiger partial charge in [0.2, 0.25) is 10.0 Å². The number of hydrogen-bond acceptors (Lipinski definition) is 5. The molecular formula is C16H16ClFN4O3S2. The van der Waals surface area contributed by atoms with E-state index in [0.717, 1.165) is 10.6 Å². The summed E-state index contributed by atoms with van der Waals surface area (Å²) in [6.07, 6.45) is 1.90. The van der Waals surface area contributed by atoms with E-state index in [4.69, 9.17) is 11.6 Å². The number of rotatable bonds is 4. The average molecular weight is 431 g/mol. The van der Waals surface area contributed by atoms with Crippen molar-refractivity contribution in [1.29, 1.82) is 0 Å². The summed E-state index contributed by atoms with van der Waals surface area (Å²) < 4.78 is 39.9. The van der Waals surface area contributed by atoms with Crippen LogP contribution in [0.4, 0.5) is 20.0 Å². The van der Waals surface area contributed by atoms with Crippen LogP contribution in [0.3, 0.4) is 0 Å². The van der Waals surface area contributed by atoms with Gasteiger partial charge in [-0.25, -0.2) is 22.6 Å². The molecule has 11 heteroatoms. The van der Waals surface area contributed by atoms with Crippen LogP contribution in [-0.2, 0) is 23.0 Å². The number of hydrogen-bond donors (Lipinski definition) is 2. The number of sulfonamides is 1. The number of nitrogens with zero attached hydrogens (tertiary/aromatic N) is 2. The molecule has 2 aromatic rings. The van der Waals surface area contributed by atoms with Crippen molar-refractivity contribution >= 4 is 49.8 Å². The Balaban J connectivity index is 1.43. The molecule has 0 bridgehead atoms. The van der Waals surface area contributed by atoms with E-state index >= 15 is 0 Å². The normalized spacial score (nSPS) is 16.7. The molecule has 2 N–H and O–H groups in total. The second-order valence-corrected chi connectivity index (χ2v) is 9.92. The highest BCUT2D eigenvalue weighted by molar-refractivity contribution is 7.93. The fraction of sp³-hybridized carbons (Fsp3) is 0.375. The van der Waals surface area contributed by atoms with Crippen LogP contribution in [0.2, 0.25) is 5.02 Å². The lowest BCUT2D eigenvalue weighted by Gasteiger charge is -2.26. The summed E-state index contributed by atoms with van der Waals surface area (Å²) in [5, 5.41) is 2.65. The lowest BCUT2D eigenvalue weighted by atomic mass is 10.2. The van der Waals surface area contributed by atoms with E-state index in [-0.39, 0.29) is 16.3 Å². The predicted octanol–water partition coefficient (Wildman–Crippen LogP) is 3.43. The first-order valence-corrected chi connectivity index (χ1v) is 11.1. The van der Waals surface area contributed by atoms with Crippen LogP contribution in [0, 0.1) is 5.82 Å². The lowest BCUT2D eigenvalue weighted by Crippen LogP contribution is -2.38. The van der Waals surface area contributed by atoms with Crippen LogP contribution < -0.4 is 10.0 Å². The van der Waals surface area contributed by atoms with Crippen molar-refractivity contribution in [3.63, 3.8) is 0 Å². The Kier molecular flexibility index (Phi) is 4.73. The van der Waals surface area contributed by atoms with Crippen molar-refractivity contribution < 1.29 is 17.6 Å². The van der Waals surface area contributed by atoms with Crippen LogP contribution in [0.5, 0.6) is 0 Å². The van der Waals surface area contributed by atoms with Crippen molar-refractivity contribution in [1.82, 2.24) is 9.88 Å². The van der Waals surface area contributed by atoms with Crippen LogP contribution >= 0.6 is 22.9 Å². The number of aromatic nitrogens is 1. The van der Waals surface area contributed by atoms with E-state index in [1.54, 1.807) is 4.90 Å². The minimum atomic E-state index is -3.36. The summed E-state index contributed by atoms with van der Waals surface area (Å²) >= 11 is 6.98. The number of amides is 2. The number of anilines is 2. The molecule has 1 aromatic heterocycles. The molecule has 0 spiro atoms. The van der Waals surface area contributed by atoms with Crippen molar-refractivity contribution in [3.05, 3.63) is 39.6 Å². The number of halogens is 2. The van der Waals surface area contributed by atoms with Gasteiger partial charge in [0.25, 0.3) is 0 Å². The second-order valence-electron chi connectivity index (χ2n) is 6.47. The molecular weight excluding hydrogens is 415 g/mol. The number of carbonyl (C=O) groups excluding carboxylic acids is 1. The fourth-order valence-electron chi connectivity index (χ4n) is 2.77. The Morgan fingerprint density at radius 3 is 2.85 bits per heavy atom. The summed E-state index contributed by atoms with van der Waals surface area (Å²) in [5.41, 5.74) is 1.21. The quantitative estimate of drug-likeness (QED) is 0.777. The molecule has 144 valence electrons. The van der Waals surface area contributed by atoms with Gasteiger partial charge in [0, 0.05) is 23.5 Å². The van der Waals surface area contributed by atoms with Gasteiger partial charge in [0.05, 0.1) is 22.5 Å². The molecule has 1 saturated carbocycles. The fourth-order valence-corrected chi connectivity index (χ4v) is 5.56. The Morgan fingerprint density at radius 1 is 1.37 bits per heavy atom. The summed E-state index contributed by atoms with van der Waals surface area (Å²) in [5.74, 6) is -0.553. The third-order valence-corrected chi connectivity index (χ3v) is 7.63. The van der Waals surface area contributed by atoms with Crippen LogP contribution in [-0.4, -0.2) is 36.1 Å². The number of urea groups is 1. The first kappa shape index (κ1) is 18.5. The first-order valence-electron chi connectivity index (χ1n) is 8.33. The van der Waals surface area contributed by atoms with Gasteiger partial charge < -0.3 is 10.2 Å². The number of fused-ring (bicyclic) bond motifs is 1. The van der Waals surface area contributed by atoms with Gasteiger partial charge in [-0.2, -0.15) is 0 Å². The monoisotopic (exact) mass is 430 g/mol. The minimum Gasteiger partial charge on any atom is -0.319 e. The molecule has 0 atom stereocenters. The highest BCUT2D eigenvalue weighted by atomic mass is 35.5. The molecule has 0 radical (unpaired) electrons. The lowest BCUT2D eigenvalue weighted by molar-refractivity contribution is 0.207. The van der Waals surface area contributed by atoms with Crippen molar-refractivity contribution in [3.8, 4) is 0 Å². The summed E-state index contributed by atoms with van der Waals surface area (Å²) in [6.45, 7) is 0.783. The van der Waals surface area contributed by atoms with Gasteiger partial charge in [-0.3, -0.25) is 4.72 Å². The van der Waals surface area contributed by atoms with Crippen molar-refractivity contribution in [2.45, 2.75) is 31.1 Å². The molecule has 1 aliphatic heterocycles. The molecule has 2 aliphatic rings. The summed E-state index contributed by atoms with van der Waals surface area (Å²) in [4.78, 5) is 19.3. The molecule has 2 heterocycles. The molecule has 1 aromatic carbocycles. The molecule has 4 rings (SSSR count). The number of thiazole rings is 1. The third-order valence-electron chi connectivity index (χ3n) is 4.38. The Hall–Kier alpha value is -1.91. The number of nitrogens with one attached hydrogen (secondary N) is 2. The molecule has 0 unspecified atom stereocenters. The van der Waals surface area contributed by atoms with Gasteiger partial charge in [-0.15, -0.1) is 0 Å². The predicted molar refractivity (Wildman–Crippen MR) is 102 cm³/mol. The SMILES string of the molecule is O=C(Nc1ccc(F)c(Cl)c1)N1CCc2nc(NS(=O)(=O)C3CC3)sc2C1. The standard InChI is InChI=1S/C16H16ClFN4O3S2/c17-11-7-9(1-4-12(11)18)19-16(23)22-6-5-13-14(8-22)26-15(20-13)21-27(24,25)10-2-3-10/h1,4,7,10H,2-3,5-6,8H2,(H,19,23)(H,20,21). The van der Waals surface area contributed by atoms with Crippen molar-refractivity contribution in [2.75, 3.05) is 16.6 Å². The molecule has 1 fully saturated rings. The van der Waals surface area contributed by atoms with Gasteiger partial charge >= 0.3 is 6.03 Å². The zero-order chi connectivity index (χ0) is 19.2. The maximum absolute atomic E-state index is 13.2. The minimum absolute atomic E-state index is 0.0659. The van der Waals surface area contributed by atoms with E-state index in [2.05, 4.69) is 15.0 Å². The van der Waals surface area contributed by atoms with Crippen molar-refractivity contribution in [2.24, 2.45) is 0 Å². The number of carbonyl (C=O) groups is 1. The Bertz CT molecular complexity index is 1010. The molecule has 2 amide bonds. The Morgan fingerprint density at radius 2 is 2.15 bits per heavy atom. The summed E-state index contributed by atoms with van der Waals surface area (Å²) in [7, 11) is -3.36. The van der Waals surface area contributed by atoms with E-state index in [1.165, 1.54) is 29.5 Å². The smallest absolute Gasteiger partial charge is 0.319 e. The van der Waals surface area contributed by atoms with Gasteiger partial charge in [-0.05, 0) is 31.0 Å². The van der Waals surface area contributed by atoms with E-state index in [9.17, 15) is 17.6 Å². The van der Waals surface area contributed by atoms with Crippen LogP contribution in [0.25, 0.3) is 0 Å². The molecule has 0 saturated heterocycles. The second kappa shape index (κ2) is 6.92. The number of benzene rings is 1. The maximum atomic E-state index is 13.2. The third kappa shape index (κ3) is 4.02. The molecule has 7 nitrogen and oxygen atoms in total. The van der Waals surface area contributed by atoms with Crippen LogP contribution in [0.1, 0.15) is 23.4 Å². The summed E-state index contributed by atoms with van der Waals surface area (Å²) in [6, 6.07) is 3.64. The average Bonchev–Trinajstić information content (AvgIpc) is 3.39. The van der Waals surface area contributed by atoms with Gasteiger partial charge in [-0.1, -0.05) is 22.9 Å². The largest absolute Gasteiger partial charge is 0.322 e. The van der Waals surface area contributed by atoms with Gasteiger partial charge in [0.15, 0.2) is 5.13 Å². The topological polar surface area (TPSA) is 91.4 Å². The van der Waals surface area contributed by atoms with Gasteiger partial charge in [0.1, 0.15) is 5.82 Å².